The van der Waals surface area contributed by atoms with Gasteiger partial charge >= 0.3 is 0 Å². The summed E-state index contributed by atoms with van der Waals surface area (Å²) < 4.78 is 0. The molecule has 2 nitrogen and oxygen atoms in total. The molecule has 1 saturated heterocycles. The zero-order valence-electron chi connectivity index (χ0n) is 10.4. The van der Waals surface area contributed by atoms with Crippen LogP contribution in [0, 0.1) is 5.92 Å². The first-order valence-corrected chi connectivity index (χ1v) is 6.78. The Labute approximate surface area is 109 Å². The molecule has 1 aromatic carbocycles. The molecule has 2 atom stereocenters. The summed E-state index contributed by atoms with van der Waals surface area (Å²) in [5, 5.41) is 0.788. The van der Waals surface area contributed by atoms with Gasteiger partial charge in [-0.1, -0.05) is 30.7 Å². The molecule has 0 amide bonds. The third-order valence-electron chi connectivity index (χ3n) is 3.61. The SMILES string of the molecule is C[C@@H]1CCCN([C@@H](CN)c2ccc(Cl)cc2)C1. The van der Waals surface area contributed by atoms with Gasteiger partial charge in [-0.3, -0.25) is 4.90 Å². The van der Waals surface area contributed by atoms with Crippen molar-refractivity contribution < 1.29 is 0 Å². The van der Waals surface area contributed by atoms with Gasteiger partial charge in [-0.05, 0) is 43.0 Å². The van der Waals surface area contributed by atoms with Crippen molar-refractivity contribution in [2.45, 2.75) is 25.8 Å². The van der Waals surface area contributed by atoms with Crippen LogP contribution in [0.3, 0.4) is 0 Å². The van der Waals surface area contributed by atoms with E-state index in [1.165, 1.54) is 18.4 Å². The number of benzene rings is 1. The van der Waals surface area contributed by atoms with Gasteiger partial charge in [-0.2, -0.15) is 0 Å². The Morgan fingerprint density at radius 2 is 2.12 bits per heavy atom. The van der Waals surface area contributed by atoms with Crippen LogP contribution >= 0.6 is 11.6 Å². The smallest absolute Gasteiger partial charge is 0.0470 e. The van der Waals surface area contributed by atoms with Gasteiger partial charge in [-0.15, -0.1) is 0 Å². The fourth-order valence-corrected chi connectivity index (χ4v) is 2.82. The van der Waals surface area contributed by atoms with Gasteiger partial charge in [0.15, 0.2) is 0 Å². The maximum atomic E-state index is 5.94. The van der Waals surface area contributed by atoms with E-state index in [1.807, 2.05) is 12.1 Å². The average molecular weight is 253 g/mol. The van der Waals surface area contributed by atoms with E-state index in [9.17, 15) is 0 Å². The molecule has 3 heteroatoms. The lowest BCUT2D eigenvalue weighted by Gasteiger charge is -2.37. The first-order valence-electron chi connectivity index (χ1n) is 6.40. The van der Waals surface area contributed by atoms with E-state index in [1.54, 1.807) is 0 Å². The van der Waals surface area contributed by atoms with Crippen LogP contribution in [0.5, 0.6) is 0 Å². The second kappa shape index (κ2) is 5.85. The van der Waals surface area contributed by atoms with Crippen molar-refractivity contribution in [3.63, 3.8) is 0 Å². The highest BCUT2D eigenvalue weighted by atomic mass is 35.5. The van der Waals surface area contributed by atoms with Gasteiger partial charge in [0.2, 0.25) is 0 Å². The van der Waals surface area contributed by atoms with E-state index in [4.69, 9.17) is 17.3 Å². The molecule has 17 heavy (non-hydrogen) atoms. The van der Waals surface area contributed by atoms with Gasteiger partial charge in [0.1, 0.15) is 0 Å². The summed E-state index contributed by atoms with van der Waals surface area (Å²) >= 11 is 5.92. The molecule has 1 heterocycles. The maximum absolute atomic E-state index is 5.94. The standard InChI is InChI=1S/C14H21ClN2/c1-11-3-2-8-17(10-11)14(9-16)12-4-6-13(15)7-5-12/h4-7,11,14H,2-3,8-10,16H2,1H3/t11-,14+/m1/s1. The van der Waals surface area contributed by atoms with Gasteiger partial charge in [-0.25, -0.2) is 0 Å². The van der Waals surface area contributed by atoms with Crippen LogP contribution in [-0.4, -0.2) is 24.5 Å². The molecule has 94 valence electrons. The molecule has 0 saturated carbocycles. The molecule has 0 aliphatic carbocycles. The Kier molecular flexibility index (Phi) is 4.43. The third kappa shape index (κ3) is 3.21. The minimum absolute atomic E-state index is 0.343. The van der Waals surface area contributed by atoms with Crippen LogP contribution < -0.4 is 5.73 Å². The summed E-state index contributed by atoms with van der Waals surface area (Å²) in [5.41, 5.74) is 7.23. The van der Waals surface area contributed by atoms with Crippen LogP contribution in [0.25, 0.3) is 0 Å². The Morgan fingerprint density at radius 1 is 1.41 bits per heavy atom. The largest absolute Gasteiger partial charge is 0.329 e. The zero-order chi connectivity index (χ0) is 12.3. The molecule has 1 fully saturated rings. The number of nitrogens with two attached hydrogens (primary N) is 1. The van der Waals surface area contributed by atoms with Crippen molar-refractivity contribution in [2.24, 2.45) is 11.7 Å². The molecule has 1 aliphatic heterocycles. The summed E-state index contributed by atoms with van der Waals surface area (Å²) in [5.74, 6) is 0.783. The van der Waals surface area contributed by atoms with E-state index in [2.05, 4.69) is 24.0 Å². The highest BCUT2D eigenvalue weighted by Crippen LogP contribution is 2.26. The highest BCUT2D eigenvalue weighted by molar-refractivity contribution is 6.30. The third-order valence-corrected chi connectivity index (χ3v) is 3.86. The van der Waals surface area contributed by atoms with Crippen molar-refractivity contribution in [3.05, 3.63) is 34.9 Å². The molecule has 1 aromatic rings. The topological polar surface area (TPSA) is 29.3 Å². The Bertz CT molecular complexity index is 350. The lowest BCUT2D eigenvalue weighted by atomic mass is 9.96. The van der Waals surface area contributed by atoms with Gasteiger partial charge in [0, 0.05) is 24.2 Å². The van der Waals surface area contributed by atoms with Gasteiger partial charge < -0.3 is 5.73 Å². The number of hydrogen-bond donors (Lipinski definition) is 1. The van der Waals surface area contributed by atoms with Crippen LogP contribution in [0.1, 0.15) is 31.4 Å². The molecule has 2 rings (SSSR count). The lowest BCUT2D eigenvalue weighted by Crippen LogP contribution is -2.40. The molecule has 0 radical (unpaired) electrons. The zero-order valence-corrected chi connectivity index (χ0v) is 11.2. The minimum atomic E-state index is 0.343. The normalized spacial score (nSPS) is 23.6. The quantitative estimate of drug-likeness (QED) is 0.896. The predicted molar refractivity (Wildman–Crippen MR) is 73.2 cm³/mol. The van der Waals surface area contributed by atoms with E-state index < -0.39 is 0 Å². The fraction of sp³-hybridized carbons (Fsp3) is 0.571. The lowest BCUT2D eigenvalue weighted by molar-refractivity contribution is 0.133. The van der Waals surface area contributed by atoms with Gasteiger partial charge in [0.25, 0.3) is 0 Å². The minimum Gasteiger partial charge on any atom is -0.329 e. The van der Waals surface area contributed by atoms with Crippen molar-refractivity contribution in [2.75, 3.05) is 19.6 Å². The van der Waals surface area contributed by atoms with E-state index in [-0.39, 0.29) is 0 Å². The van der Waals surface area contributed by atoms with E-state index in [0.717, 1.165) is 24.0 Å². The molecule has 2 N–H and O–H groups in total. The highest BCUT2D eigenvalue weighted by Gasteiger charge is 2.23. The number of rotatable bonds is 3. The molecular formula is C14H21ClN2. The van der Waals surface area contributed by atoms with Crippen molar-refractivity contribution in [1.29, 1.82) is 0 Å². The summed E-state index contributed by atoms with van der Waals surface area (Å²) in [4.78, 5) is 2.51. The number of piperidine rings is 1. The molecular weight excluding hydrogens is 232 g/mol. The van der Waals surface area contributed by atoms with Crippen LogP contribution in [0.4, 0.5) is 0 Å². The number of halogens is 1. The molecule has 0 bridgehead atoms. The van der Waals surface area contributed by atoms with Crippen LogP contribution in [-0.2, 0) is 0 Å². The molecule has 1 aliphatic rings. The summed E-state index contributed by atoms with van der Waals surface area (Å²) in [6, 6.07) is 8.44. The van der Waals surface area contributed by atoms with Crippen LogP contribution in [0.15, 0.2) is 24.3 Å². The second-order valence-electron chi connectivity index (χ2n) is 5.05. The first-order chi connectivity index (χ1) is 8.20. The molecule has 0 spiro atoms. The Hall–Kier alpha value is -0.570. The fourth-order valence-electron chi connectivity index (χ4n) is 2.69. The number of likely N-dealkylation sites (tertiary alicyclic amines) is 1. The molecule has 0 aromatic heterocycles. The van der Waals surface area contributed by atoms with Crippen molar-refractivity contribution in [1.82, 2.24) is 4.90 Å². The number of nitrogens with zero attached hydrogens (tertiary/aromatic N) is 1. The van der Waals surface area contributed by atoms with E-state index >= 15 is 0 Å². The summed E-state index contributed by atoms with van der Waals surface area (Å²) in [7, 11) is 0. The Morgan fingerprint density at radius 3 is 2.71 bits per heavy atom. The molecule has 0 unspecified atom stereocenters. The summed E-state index contributed by atoms with van der Waals surface area (Å²) in [6.45, 7) is 5.31. The summed E-state index contributed by atoms with van der Waals surface area (Å²) in [6.07, 6.45) is 2.62. The van der Waals surface area contributed by atoms with Crippen molar-refractivity contribution >= 4 is 11.6 Å². The van der Waals surface area contributed by atoms with Crippen LogP contribution in [0.2, 0.25) is 5.02 Å². The number of hydrogen-bond acceptors (Lipinski definition) is 2. The Balaban J connectivity index is 2.12. The van der Waals surface area contributed by atoms with Gasteiger partial charge in [0.05, 0.1) is 0 Å². The predicted octanol–water partition coefficient (Wildman–Crippen LogP) is 3.07. The monoisotopic (exact) mass is 252 g/mol. The average Bonchev–Trinajstić information content (AvgIpc) is 2.33. The second-order valence-corrected chi connectivity index (χ2v) is 5.48. The first kappa shape index (κ1) is 12.9. The van der Waals surface area contributed by atoms with Crippen molar-refractivity contribution in [3.8, 4) is 0 Å². The van der Waals surface area contributed by atoms with E-state index in [0.29, 0.717) is 12.6 Å². The maximum Gasteiger partial charge on any atom is 0.0470 e.